The molecule has 7 nitrogen and oxygen atoms in total. The fourth-order valence-electron chi connectivity index (χ4n) is 3.36. The number of fused-ring (bicyclic) bond motifs is 1. The van der Waals surface area contributed by atoms with Gasteiger partial charge in [0.2, 0.25) is 5.91 Å². The number of carbonyl (C=O) groups is 1. The number of hydrogen-bond donors (Lipinski definition) is 1. The van der Waals surface area contributed by atoms with E-state index in [2.05, 4.69) is 46.0 Å². The lowest BCUT2D eigenvalue weighted by Crippen LogP contribution is -2.31. The second-order valence-electron chi connectivity index (χ2n) is 6.82. The fourth-order valence-corrected chi connectivity index (χ4v) is 4.52. The molecule has 0 spiro atoms. The second kappa shape index (κ2) is 10.3. The first-order valence-corrected chi connectivity index (χ1v) is 11.2. The first kappa shape index (κ1) is 22.0. The molecule has 0 bridgehead atoms. The van der Waals surface area contributed by atoms with Crippen molar-refractivity contribution in [3.8, 4) is 5.75 Å². The van der Waals surface area contributed by atoms with Crippen LogP contribution in [0.4, 0.5) is 17.1 Å². The van der Waals surface area contributed by atoms with E-state index in [4.69, 9.17) is 10.5 Å². The molecule has 8 heteroatoms. The van der Waals surface area contributed by atoms with Gasteiger partial charge in [0.05, 0.1) is 18.0 Å². The Morgan fingerprint density at radius 3 is 2.53 bits per heavy atom. The molecule has 2 aromatic rings. The van der Waals surface area contributed by atoms with Gasteiger partial charge >= 0.3 is 0 Å². The number of nitrogens with two attached hydrogens (primary N) is 1. The van der Waals surface area contributed by atoms with E-state index in [-0.39, 0.29) is 17.8 Å². The van der Waals surface area contributed by atoms with E-state index in [1.54, 1.807) is 11.8 Å². The Morgan fingerprint density at radius 2 is 1.90 bits per heavy atom. The van der Waals surface area contributed by atoms with Crippen molar-refractivity contribution in [2.75, 3.05) is 36.0 Å². The van der Waals surface area contributed by atoms with Crippen molar-refractivity contribution >= 4 is 34.7 Å². The molecule has 1 atom stereocenters. The Bertz CT molecular complexity index is 884. The van der Waals surface area contributed by atoms with Crippen molar-refractivity contribution in [3.63, 3.8) is 0 Å². The minimum absolute atomic E-state index is 0.251. The molecule has 0 radical (unpaired) electrons. The summed E-state index contributed by atoms with van der Waals surface area (Å²) in [4.78, 5) is 16.7. The molecule has 0 saturated carbocycles. The molecule has 3 rings (SSSR count). The van der Waals surface area contributed by atoms with Crippen molar-refractivity contribution in [1.29, 1.82) is 0 Å². The van der Waals surface area contributed by atoms with E-state index in [0.29, 0.717) is 13.2 Å². The van der Waals surface area contributed by atoms with Gasteiger partial charge in [-0.25, -0.2) is 0 Å². The highest BCUT2D eigenvalue weighted by Gasteiger charge is 2.30. The monoisotopic (exact) mass is 427 g/mol. The van der Waals surface area contributed by atoms with E-state index in [9.17, 15) is 4.79 Å². The van der Waals surface area contributed by atoms with E-state index in [1.807, 2.05) is 37.3 Å². The van der Waals surface area contributed by atoms with Crippen LogP contribution in [0.2, 0.25) is 0 Å². The molecular weight excluding hydrogens is 398 g/mol. The molecule has 1 aliphatic rings. The number of hydrogen-bond acceptors (Lipinski definition) is 7. The number of carbonyl (C=O) groups excluding carboxylic acids is 1. The highest BCUT2D eigenvalue weighted by Crippen LogP contribution is 2.46. The summed E-state index contributed by atoms with van der Waals surface area (Å²) in [5, 5.41) is 9.02. The maximum absolute atomic E-state index is 11.3. The van der Waals surface area contributed by atoms with E-state index in [0.717, 1.165) is 35.1 Å². The van der Waals surface area contributed by atoms with Crippen molar-refractivity contribution in [2.45, 2.75) is 37.6 Å². The summed E-state index contributed by atoms with van der Waals surface area (Å²) in [7, 11) is 0. The van der Waals surface area contributed by atoms with E-state index >= 15 is 0 Å². The average molecular weight is 428 g/mol. The van der Waals surface area contributed by atoms with Crippen LogP contribution in [0.15, 0.2) is 57.6 Å². The number of benzene rings is 2. The first-order chi connectivity index (χ1) is 14.5. The topological polar surface area (TPSA) is 83.5 Å². The van der Waals surface area contributed by atoms with E-state index < -0.39 is 0 Å². The van der Waals surface area contributed by atoms with Crippen LogP contribution in [0.1, 0.15) is 27.2 Å². The molecule has 160 valence electrons. The maximum Gasteiger partial charge on any atom is 0.219 e. The number of thioether (sulfide) groups is 1. The standard InChI is InChI=1S/C22H29N5O2S/c1-4-26(5-2)17-9-7-16(8-10-17)24-25-22-27(14-13-21(23)28)19-12-11-18(29-6-3)15-20(19)30-22/h7-12,15,22H,4-6,13-14H2,1-3H3,(H2,23,28). The van der Waals surface area contributed by atoms with Gasteiger partial charge < -0.3 is 20.3 Å². The predicted octanol–water partition coefficient (Wildman–Crippen LogP) is 4.79. The molecule has 2 N–H and O–H groups in total. The van der Waals surface area contributed by atoms with Crippen LogP contribution in [0.3, 0.4) is 0 Å². The smallest absolute Gasteiger partial charge is 0.219 e. The Hall–Kier alpha value is -2.74. The number of amides is 1. The normalized spacial score (nSPS) is 15.4. The summed E-state index contributed by atoms with van der Waals surface area (Å²) in [6, 6.07) is 14.0. The molecule has 1 heterocycles. The van der Waals surface area contributed by atoms with Gasteiger partial charge in [0.25, 0.3) is 0 Å². The molecule has 1 amide bonds. The summed E-state index contributed by atoms with van der Waals surface area (Å²) < 4.78 is 5.61. The highest BCUT2D eigenvalue weighted by atomic mass is 32.2. The van der Waals surface area contributed by atoms with Gasteiger partial charge in [-0.2, -0.15) is 10.2 Å². The Labute approximate surface area is 182 Å². The molecule has 1 aliphatic heterocycles. The molecule has 0 fully saturated rings. The number of ether oxygens (including phenoxy) is 1. The zero-order valence-corrected chi connectivity index (χ0v) is 18.6. The SMILES string of the molecule is CCOc1ccc2c(c1)SC(N=Nc1ccc(N(CC)CC)cc1)N2CCC(N)=O. The summed E-state index contributed by atoms with van der Waals surface area (Å²) in [5.41, 5.74) is 8.12. The quantitative estimate of drug-likeness (QED) is 0.551. The van der Waals surface area contributed by atoms with Crippen LogP contribution in [0.5, 0.6) is 5.75 Å². The van der Waals surface area contributed by atoms with Gasteiger partial charge in [-0.15, -0.1) is 0 Å². The summed E-state index contributed by atoms with van der Waals surface area (Å²) in [5.74, 6) is 0.491. The number of anilines is 2. The van der Waals surface area contributed by atoms with Crippen molar-refractivity contribution in [2.24, 2.45) is 16.0 Å². The molecule has 0 aromatic heterocycles. The largest absolute Gasteiger partial charge is 0.494 e. The summed E-state index contributed by atoms with van der Waals surface area (Å²) >= 11 is 1.60. The van der Waals surface area contributed by atoms with Gasteiger partial charge in [-0.1, -0.05) is 11.8 Å². The maximum atomic E-state index is 11.3. The minimum Gasteiger partial charge on any atom is -0.494 e. The van der Waals surface area contributed by atoms with Gasteiger partial charge in [-0.3, -0.25) is 4.79 Å². The first-order valence-electron chi connectivity index (χ1n) is 10.3. The molecule has 0 aliphatic carbocycles. The highest BCUT2D eigenvalue weighted by molar-refractivity contribution is 8.00. The molecule has 0 saturated heterocycles. The molecule has 1 unspecified atom stereocenters. The number of azo groups is 1. The van der Waals surface area contributed by atoms with Crippen molar-refractivity contribution < 1.29 is 9.53 Å². The zero-order chi connectivity index (χ0) is 21.5. The fraction of sp³-hybridized carbons (Fsp3) is 0.409. The van der Waals surface area contributed by atoms with Crippen molar-refractivity contribution in [3.05, 3.63) is 42.5 Å². The summed E-state index contributed by atoms with van der Waals surface area (Å²) in [6.45, 7) is 9.28. The average Bonchev–Trinajstić information content (AvgIpc) is 3.09. The molecular formula is C22H29N5O2S. The van der Waals surface area contributed by atoms with Crippen LogP contribution in [-0.2, 0) is 4.79 Å². The van der Waals surface area contributed by atoms with Crippen LogP contribution >= 0.6 is 11.8 Å². The Balaban J connectivity index is 1.78. The van der Waals surface area contributed by atoms with E-state index in [1.165, 1.54) is 5.69 Å². The molecule has 30 heavy (non-hydrogen) atoms. The van der Waals surface area contributed by atoms with Crippen LogP contribution in [0.25, 0.3) is 0 Å². The Kier molecular flexibility index (Phi) is 7.57. The number of primary amides is 1. The second-order valence-corrected chi connectivity index (χ2v) is 7.92. The van der Waals surface area contributed by atoms with Crippen LogP contribution in [-0.4, -0.2) is 37.6 Å². The zero-order valence-electron chi connectivity index (χ0n) is 17.7. The lowest BCUT2D eigenvalue weighted by molar-refractivity contribution is -0.117. The van der Waals surface area contributed by atoms with Gasteiger partial charge in [0.1, 0.15) is 5.75 Å². The third-order valence-corrected chi connectivity index (χ3v) is 6.04. The van der Waals surface area contributed by atoms with Gasteiger partial charge in [-0.05, 0) is 63.2 Å². The van der Waals surface area contributed by atoms with Gasteiger partial charge in [0, 0.05) is 36.6 Å². The number of nitrogens with zero attached hydrogens (tertiary/aromatic N) is 4. The lowest BCUT2D eigenvalue weighted by Gasteiger charge is -2.22. The van der Waals surface area contributed by atoms with Gasteiger partial charge in [0.15, 0.2) is 5.50 Å². The predicted molar refractivity (Wildman–Crippen MR) is 123 cm³/mol. The minimum atomic E-state index is -0.331. The summed E-state index contributed by atoms with van der Waals surface area (Å²) in [6.07, 6.45) is 0.262. The van der Waals surface area contributed by atoms with Crippen molar-refractivity contribution in [1.82, 2.24) is 0 Å². The van der Waals surface area contributed by atoms with Crippen LogP contribution < -0.4 is 20.3 Å². The third kappa shape index (κ3) is 5.24. The Morgan fingerprint density at radius 1 is 1.17 bits per heavy atom. The third-order valence-electron chi connectivity index (χ3n) is 4.90. The number of rotatable bonds is 10. The molecule has 2 aromatic carbocycles. The lowest BCUT2D eigenvalue weighted by atomic mass is 10.2. The van der Waals surface area contributed by atoms with Crippen LogP contribution in [0, 0.1) is 0 Å².